The van der Waals surface area contributed by atoms with Crippen molar-refractivity contribution in [3.8, 4) is 0 Å². The van der Waals surface area contributed by atoms with Gasteiger partial charge in [0.2, 0.25) is 0 Å². The van der Waals surface area contributed by atoms with E-state index < -0.39 is 0 Å². The first-order valence-corrected chi connectivity index (χ1v) is 9.06. The lowest BCUT2D eigenvalue weighted by molar-refractivity contribution is 0.175. The minimum Gasteiger partial charge on any atom is -0.354 e. The van der Waals surface area contributed by atoms with Crippen molar-refractivity contribution in [2.45, 2.75) is 18.9 Å². The number of pyridine rings is 1. The summed E-state index contributed by atoms with van der Waals surface area (Å²) in [5.74, 6) is 3.80. The fourth-order valence-electron chi connectivity index (χ4n) is 3.46. The summed E-state index contributed by atoms with van der Waals surface area (Å²) < 4.78 is 0. The molecule has 0 aromatic carbocycles. The summed E-state index contributed by atoms with van der Waals surface area (Å²) in [6.07, 6.45) is 4.70. The molecule has 0 unspecified atom stereocenters. The molecule has 0 bridgehead atoms. The molecule has 4 heterocycles. The fraction of sp³-hybridized carbons (Fsp3) is 0.562. The molecule has 2 fully saturated rings. The molecule has 2 saturated heterocycles. The zero-order valence-electron chi connectivity index (χ0n) is 12.3. The summed E-state index contributed by atoms with van der Waals surface area (Å²) in [6.45, 7) is 4.56. The van der Waals surface area contributed by atoms with Crippen LogP contribution in [0, 0.1) is 0 Å². The van der Waals surface area contributed by atoms with Gasteiger partial charge in [-0.25, -0.2) is 4.98 Å². The monoisotopic (exact) mass is 302 g/mol. The number of hydrogen-bond donors (Lipinski definition) is 1. The highest BCUT2D eigenvalue weighted by atomic mass is 32.2. The van der Waals surface area contributed by atoms with Crippen LogP contribution in [0.1, 0.15) is 12.8 Å². The van der Waals surface area contributed by atoms with Crippen LogP contribution in [0.4, 0.5) is 5.82 Å². The van der Waals surface area contributed by atoms with Crippen molar-refractivity contribution < 1.29 is 0 Å². The molecule has 5 heteroatoms. The largest absolute Gasteiger partial charge is 0.354 e. The van der Waals surface area contributed by atoms with E-state index in [1.807, 2.05) is 6.20 Å². The first kappa shape index (κ1) is 13.5. The minimum absolute atomic E-state index is 0.826. The summed E-state index contributed by atoms with van der Waals surface area (Å²) in [4.78, 5) is 13.1. The Morgan fingerprint density at radius 3 is 2.67 bits per heavy atom. The lowest BCUT2D eigenvalue weighted by atomic mass is 10.1. The number of hydrogen-bond acceptors (Lipinski definition) is 4. The van der Waals surface area contributed by atoms with Crippen LogP contribution in [0.15, 0.2) is 24.4 Å². The van der Waals surface area contributed by atoms with Crippen LogP contribution in [0.5, 0.6) is 0 Å². The van der Waals surface area contributed by atoms with Gasteiger partial charge in [0.1, 0.15) is 11.5 Å². The number of piperazine rings is 1. The number of rotatable bonds is 2. The van der Waals surface area contributed by atoms with Crippen molar-refractivity contribution in [3.63, 3.8) is 0 Å². The highest BCUT2D eigenvalue weighted by Crippen LogP contribution is 2.24. The maximum absolute atomic E-state index is 4.74. The van der Waals surface area contributed by atoms with Gasteiger partial charge in [-0.15, -0.1) is 0 Å². The number of nitrogens with one attached hydrogen (secondary N) is 1. The predicted octanol–water partition coefficient (Wildman–Crippen LogP) is 2.58. The lowest BCUT2D eigenvalue weighted by Crippen LogP contribution is -2.51. The Kier molecular flexibility index (Phi) is 3.78. The molecule has 4 nitrogen and oxygen atoms in total. The van der Waals surface area contributed by atoms with E-state index in [0.717, 1.165) is 30.6 Å². The van der Waals surface area contributed by atoms with Crippen molar-refractivity contribution >= 4 is 28.6 Å². The van der Waals surface area contributed by atoms with Crippen LogP contribution in [0.3, 0.4) is 0 Å². The second-order valence-corrected chi connectivity index (χ2v) is 7.18. The third-order valence-corrected chi connectivity index (χ3v) is 5.79. The molecule has 112 valence electrons. The second-order valence-electron chi connectivity index (χ2n) is 5.95. The fourth-order valence-corrected chi connectivity index (χ4v) is 4.54. The molecule has 4 rings (SSSR count). The van der Waals surface area contributed by atoms with E-state index in [2.05, 4.69) is 44.7 Å². The summed E-state index contributed by atoms with van der Waals surface area (Å²) in [5, 5.41) is 1.19. The van der Waals surface area contributed by atoms with Gasteiger partial charge in [0.15, 0.2) is 0 Å². The SMILES string of the molecule is c1cc2ccc(N3CCN(C4CCSCC4)CC3)nc2[nH]1. The Balaban J connectivity index is 1.42. The van der Waals surface area contributed by atoms with Gasteiger partial charge < -0.3 is 9.88 Å². The molecule has 0 saturated carbocycles. The van der Waals surface area contributed by atoms with Gasteiger partial charge in [-0.05, 0) is 42.5 Å². The normalized spacial score (nSPS) is 22.0. The first-order valence-electron chi connectivity index (χ1n) is 7.91. The topological polar surface area (TPSA) is 35.2 Å². The van der Waals surface area contributed by atoms with Crippen LogP contribution < -0.4 is 4.90 Å². The number of H-pyrrole nitrogens is 1. The van der Waals surface area contributed by atoms with Gasteiger partial charge in [-0.2, -0.15) is 11.8 Å². The number of anilines is 1. The van der Waals surface area contributed by atoms with Gasteiger partial charge in [0.25, 0.3) is 0 Å². The van der Waals surface area contributed by atoms with E-state index >= 15 is 0 Å². The summed E-state index contributed by atoms with van der Waals surface area (Å²) in [5.41, 5.74) is 0.999. The van der Waals surface area contributed by atoms with Gasteiger partial charge in [0.05, 0.1) is 0 Å². The predicted molar refractivity (Wildman–Crippen MR) is 90.2 cm³/mol. The maximum Gasteiger partial charge on any atom is 0.139 e. The number of fused-ring (bicyclic) bond motifs is 1. The third-order valence-electron chi connectivity index (χ3n) is 4.74. The van der Waals surface area contributed by atoms with E-state index in [4.69, 9.17) is 4.98 Å². The van der Waals surface area contributed by atoms with Crippen molar-refractivity contribution in [1.29, 1.82) is 0 Å². The average molecular weight is 302 g/mol. The number of thioether (sulfide) groups is 1. The number of nitrogens with zero attached hydrogens (tertiary/aromatic N) is 3. The van der Waals surface area contributed by atoms with Crippen LogP contribution in [-0.4, -0.2) is 58.6 Å². The average Bonchev–Trinajstić information content (AvgIpc) is 3.03. The van der Waals surface area contributed by atoms with E-state index in [1.54, 1.807) is 0 Å². The van der Waals surface area contributed by atoms with Gasteiger partial charge in [-0.3, -0.25) is 4.90 Å². The molecule has 2 aromatic heterocycles. The van der Waals surface area contributed by atoms with Crippen LogP contribution in [0.2, 0.25) is 0 Å². The summed E-state index contributed by atoms with van der Waals surface area (Å²) in [7, 11) is 0. The van der Waals surface area contributed by atoms with E-state index in [1.165, 1.54) is 42.8 Å². The Bertz CT molecular complexity index is 597. The number of aromatic amines is 1. The van der Waals surface area contributed by atoms with E-state index in [9.17, 15) is 0 Å². The Morgan fingerprint density at radius 2 is 1.86 bits per heavy atom. The molecular formula is C16H22N4S. The van der Waals surface area contributed by atoms with Crippen molar-refractivity contribution in [2.75, 3.05) is 42.6 Å². The second kappa shape index (κ2) is 5.89. The zero-order valence-corrected chi connectivity index (χ0v) is 13.1. The Morgan fingerprint density at radius 1 is 1.05 bits per heavy atom. The standard InChI is InChI=1S/C16H22N4S/c1-2-15(18-16-13(1)3-6-17-16)20-9-7-19(8-10-20)14-4-11-21-12-5-14/h1-3,6,14H,4-5,7-12H2,(H,17,18). The molecular weight excluding hydrogens is 280 g/mol. The highest BCUT2D eigenvalue weighted by Gasteiger charge is 2.25. The lowest BCUT2D eigenvalue weighted by Gasteiger charge is -2.41. The summed E-state index contributed by atoms with van der Waals surface area (Å²) in [6, 6.07) is 7.22. The van der Waals surface area contributed by atoms with Crippen LogP contribution in [0.25, 0.3) is 11.0 Å². The Hall–Kier alpha value is -1.20. The molecule has 0 radical (unpaired) electrons. The molecule has 0 spiro atoms. The highest BCUT2D eigenvalue weighted by molar-refractivity contribution is 7.99. The minimum atomic E-state index is 0.826. The van der Waals surface area contributed by atoms with Crippen molar-refractivity contribution in [3.05, 3.63) is 24.4 Å². The summed E-state index contributed by atoms with van der Waals surface area (Å²) >= 11 is 2.11. The molecule has 1 N–H and O–H groups in total. The molecule has 2 aliphatic heterocycles. The molecule has 0 atom stereocenters. The molecule has 2 aromatic rings. The Labute approximate surface area is 129 Å². The maximum atomic E-state index is 4.74. The quantitative estimate of drug-likeness (QED) is 0.925. The van der Waals surface area contributed by atoms with Crippen LogP contribution in [-0.2, 0) is 0 Å². The molecule has 21 heavy (non-hydrogen) atoms. The van der Waals surface area contributed by atoms with Crippen molar-refractivity contribution in [1.82, 2.24) is 14.9 Å². The van der Waals surface area contributed by atoms with Crippen molar-refractivity contribution in [2.24, 2.45) is 0 Å². The number of aromatic nitrogens is 2. The van der Waals surface area contributed by atoms with Gasteiger partial charge in [0, 0.05) is 43.8 Å². The van der Waals surface area contributed by atoms with Gasteiger partial charge >= 0.3 is 0 Å². The van der Waals surface area contributed by atoms with E-state index in [0.29, 0.717) is 0 Å². The van der Waals surface area contributed by atoms with E-state index in [-0.39, 0.29) is 0 Å². The van der Waals surface area contributed by atoms with Crippen LogP contribution >= 0.6 is 11.8 Å². The van der Waals surface area contributed by atoms with Gasteiger partial charge in [-0.1, -0.05) is 0 Å². The first-order chi connectivity index (χ1) is 10.4. The zero-order chi connectivity index (χ0) is 14.1. The molecule has 0 aliphatic carbocycles. The smallest absolute Gasteiger partial charge is 0.139 e. The molecule has 2 aliphatic rings. The third kappa shape index (κ3) is 2.77. The molecule has 0 amide bonds.